The van der Waals surface area contributed by atoms with E-state index in [2.05, 4.69) is 11.0 Å². The van der Waals surface area contributed by atoms with Crippen molar-refractivity contribution in [2.75, 3.05) is 33.2 Å². The van der Waals surface area contributed by atoms with E-state index in [1.54, 1.807) is 35.2 Å². The second-order valence-electron chi connectivity index (χ2n) is 10.3. The first-order chi connectivity index (χ1) is 18.3. The van der Waals surface area contributed by atoms with Gasteiger partial charge in [0.1, 0.15) is 6.04 Å². The van der Waals surface area contributed by atoms with Gasteiger partial charge in [-0.1, -0.05) is 59.6 Å². The van der Waals surface area contributed by atoms with Gasteiger partial charge in [-0.15, -0.1) is 0 Å². The molecule has 0 N–H and O–H groups in total. The standard InChI is InChI=1S/C29H33Cl2N3O3S/c1-32(23-14-18-33(19-15-23)17-13-21-6-2-3-8-26(21)30)29(35)28-10-5-16-34(28)38(36,37)24-11-12-25-22(20-24)7-4-9-27(25)31/h2-4,6-9,11-12,20,23,28H,5,10,13-19H2,1H3/t28-/m0/s1. The third kappa shape index (κ3) is 5.58. The number of piperidine rings is 1. The summed E-state index contributed by atoms with van der Waals surface area (Å²) in [4.78, 5) is 18.0. The number of sulfonamides is 1. The van der Waals surface area contributed by atoms with Crippen LogP contribution in [0.2, 0.25) is 10.0 Å². The van der Waals surface area contributed by atoms with Crippen LogP contribution in [0.5, 0.6) is 0 Å². The van der Waals surface area contributed by atoms with Crippen LogP contribution in [-0.2, 0) is 21.2 Å². The predicted molar refractivity (Wildman–Crippen MR) is 153 cm³/mol. The number of amides is 1. The summed E-state index contributed by atoms with van der Waals surface area (Å²) in [6.45, 7) is 3.08. The van der Waals surface area contributed by atoms with E-state index in [-0.39, 0.29) is 16.8 Å². The first kappa shape index (κ1) is 27.4. The highest BCUT2D eigenvalue weighted by Gasteiger charge is 2.42. The molecular formula is C29H33Cl2N3O3S. The number of likely N-dealkylation sites (N-methyl/N-ethyl adjacent to an activating group) is 1. The van der Waals surface area contributed by atoms with E-state index < -0.39 is 16.1 Å². The first-order valence-corrected chi connectivity index (χ1v) is 15.4. The van der Waals surface area contributed by atoms with E-state index in [0.29, 0.717) is 24.4 Å². The van der Waals surface area contributed by atoms with Crippen molar-refractivity contribution in [1.82, 2.24) is 14.1 Å². The molecule has 5 rings (SSSR count). The van der Waals surface area contributed by atoms with Gasteiger partial charge < -0.3 is 9.80 Å². The summed E-state index contributed by atoms with van der Waals surface area (Å²) in [5, 5.41) is 2.95. The SMILES string of the molecule is CN(C(=O)[C@@H]1CCCN1S(=O)(=O)c1ccc2c(Cl)cccc2c1)C1CCN(CCc2ccccc2Cl)CC1. The van der Waals surface area contributed by atoms with Crippen LogP contribution < -0.4 is 0 Å². The fourth-order valence-electron chi connectivity index (χ4n) is 5.72. The molecule has 9 heteroatoms. The molecule has 0 bridgehead atoms. The number of halogens is 2. The van der Waals surface area contributed by atoms with E-state index in [4.69, 9.17) is 23.2 Å². The molecule has 38 heavy (non-hydrogen) atoms. The molecule has 202 valence electrons. The molecule has 0 unspecified atom stereocenters. The molecule has 6 nitrogen and oxygen atoms in total. The Hall–Kier alpha value is -2.16. The molecule has 3 aromatic carbocycles. The summed E-state index contributed by atoms with van der Waals surface area (Å²) in [6, 6.07) is 17.8. The van der Waals surface area contributed by atoms with Crippen LogP contribution in [0.25, 0.3) is 10.8 Å². The number of fused-ring (bicyclic) bond motifs is 1. The number of benzene rings is 3. The molecule has 0 aromatic heterocycles. The summed E-state index contributed by atoms with van der Waals surface area (Å²) in [7, 11) is -2.00. The minimum atomic E-state index is -3.82. The fraction of sp³-hybridized carbons (Fsp3) is 0.414. The van der Waals surface area contributed by atoms with Gasteiger partial charge in [0, 0.05) is 54.7 Å². The normalized spacial score (nSPS) is 19.7. The lowest BCUT2D eigenvalue weighted by atomic mass is 10.0. The molecule has 2 fully saturated rings. The van der Waals surface area contributed by atoms with Crippen molar-refractivity contribution in [2.24, 2.45) is 0 Å². The number of rotatable bonds is 7. The largest absolute Gasteiger partial charge is 0.341 e. The van der Waals surface area contributed by atoms with Crippen LogP contribution in [0.15, 0.2) is 65.6 Å². The highest BCUT2D eigenvalue weighted by Crippen LogP contribution is 2.31. The minimum absolute atomic E-state index is 0.104. The zero-order valence-electron chi connectivity index (χ0n) is 21.5. The average Bonchev–Trinajstić information content (AvgIpc) is 3.43. The topological polar surface area (TPSA) is 60.9 Å². The summed E-state index contributed by atoms with van der Waals surface area (Å²) < 4.78 is 28.7. The Morgan fingerprint density at radius 2 is 1.68 bits per heavy atom. The molecule has 1 atom stereocenters. The molecule has 1 amide bonds. The third-order valence-electron chi connectivity index (χ3n) is 8.00. The van der Waals surface area contributed by atoms with Gasteiger partial charge in [0.15, 0.2) is 0 Å². The van der Waals surface area contributed by atoms with Crippen molar-refractivity contribution in [1.29, 1.82) is 0 Å². The van der Waals surface area contributed by atoms with Crippen LogP contribution in [0.1, 0.15) is 31.2 Å². The van der Waals surface area contributed by atoms with Gasteiger partial charge in [-0.25, -0.2) is 8.42 Å². The molecule has 3 aromatic rings. The Morgan fingerprint density at radius 1 is 0.947 bits per heavy atom. The van der Waals surface area contributed by atoms with Gasteiger partial charge >= 0.3 is 0 Å². The molecular weight excluding hydrogens is 541 g/mol. The van der Waals surface area contributed by atoms with Gasteiger partial charge in [0.05, 0.1) is 4.90 Å². The zero-order chi connectivity index (χ0) is 26.9. The van der Waals surface area contributed by atoms with Crippen LogP contribution in [0.4, 0.5) is 0 Å². The number of hydrogen-bond acceptors (Lipinski definition) is 4. The van der Waals surface area contributed by atoms with Crippen molar-refractivity contribution in [3.8, 4) is 0 Å². The quantitative estimate of drug-likeness (QED) is 0.376. The molecule has 0 radical (unpaired) electrons. The number of nitrogens with zero attached hydrogens (tertiary/aromatic N) is 3. The molecule has 2 aliphatic rings. The lowest BCUT2D eigenvalue weighted by Crippen LogP contribution is -2.52. The molecule has 2 heterocycles. The summed E-state index contributed by atoms with van der Waals surface area (Å²) in [5.74, 6) is -0.107. The number of likely N-dealkylation sites (tertiary alicyclic amines) is 1. The van der Waals surface area contributed by atoms with Crippen LogP contribution in [0.3, 0.4) is 0 Å². The van der Waals surface area contributed by atoms with E-state index in [1.807, 2.05) is 31.3 Å². The van der Waals surface area contributed by atoms with Gasteiger partial charge in [0.25, 0.3) is 0 Å². The Balaban J connectivity index is 1.22. The van der Waals surface area contributed by atoms with E-state index in [9.17, 15) is 13.2 Å². The van der Waals surface area contributed by atoms with Gasteiger partial charge in [-0.05, 0) is 67.3 Å². The van der Waals surface area contributed by atoms with E-state index in [1.165, 1.54) is 4.31 Å². The summed E-state index contributed by atoms with van der Waals surface area (Å²) in [6.07, 6.45) is 3.85. The van der Waals surface area contributed by atoms with Crippen LogP contribution in [0, 0.1) is 0 Å². The van der Waals surface area contributed by atoms with E-state index >= 15 is 0 Å². The third-order valence-corrected chi connectivity index (χ3v) is 10.6. The van der Waals surface area contributed by atoms with Crippen molar-refractivity contribution in [2.45, 2.75) is 49.1 Å². The van der Waals surface area contributed by atoms with Gasteiger partial charge in [-0.2, -0.15) is 4.31 Å². The Labute approximate surface area is 235 Å². The number of carbonyl (C=O) groups excluding carboxylic acids is 1. The van der Waals surface area contributed by atoms with Crippen molar-refractivity contribution < 1.29 is 13.2 Å². The Kier molecular flexibility index (Phi) is 8.31. The molecule has 2 saturated heterocycles. The van der Waals surface area contributed by atoms with Crippen LogP contribution in [-0.4, -0.2) is 73.7 Å². The lowest BCUT2D eigenvalue weighted by molar-refractivity contribution is -0.136. The smallest absolute Gasteiger partial charge is 0.243 e. The van der Waals surface area contributed by atoms with Crippen LogP contribution >= 0.6 is 23.2 Å². The molecule has 2 aliphatic heterocycles. The second-order valence-corrected chi connectivity index (χ2v) is 13.0. The maximum Gasteiger partial charge on any atom is 0.243 e. The number of hydrogen-bond donors (Lipinski definition) is 0. The van der Waals surface area contributed by atoms with E-state index in [0.717, 1.165) is 60.3 Å². The highest BCUT2D eigenvalue weighted by molar-refractivity contribution is 7.89. The summed E-state index contributed by atoms with van der Waals surface area (Å²) >= 11 is 12.6. The zero-order valence-corrected chi connectivity index (χ0v) is 23.9. The minimum Gasteiger partial charge on any atom is -0.341 e. The maximum absolute atomic E-state index is 13.6. The first-order valence-electron chi connectivity index (χ1n) is 13.2. The van der Waals surface area contributed by atoms with Gasteiger partial charge in [-0.3, -0.25) is 4.79 Å². The second kappa shape index (κ2) is 11.5. The Morgan fingerprint density at radius 3 is 2.45 bits per heavy atom. The van der Waals surface area contributed by atoms with Crippen molar-refractivity contribution >= 4 is 49.9 Å². The molecule has 0 aliphatic carbocycles. The highest BCUT2D eigenvalue weighted by atomic mass is 35.5. The maximum atomic E-state index is 13.6. The lowest BCUT2D eigenvalue weighted by Gasteiger charge is -2.38. The summed E-state index contributed by atoms with van der Waals surface area (Å²) in [5.41, 5.74) is 1.15. The molecule has 0 saturated carbocycles. The van der Waals surface area contributed by atoms with Crippen molar-refractivity contribution in [3.05, 3.63) is 76.3 Å². The van der Waals surface area contributed by atoms with Crippen molar-refractivity contribution in [3.63, 3.8) is 0 Å². The molecule has 0 spiro atoms. The predicted octanol–water partition coefficient (Wildman–Crippen LogP) is 5.47. The Bertz CT molecular complexity index is 1420. The monoisotopic (exact) mass is 573 g/mol. The average molecular weight is 575 g/mol. The number of carbonyl (C=O) groups is 1. The fourth-order valence-corrected chi connectivity index (χ4v) is 7.88. The van der Waals surface area contributed by atoms with Gasteiger partial charge in [0.2, 0.25) is 15.9 Å².